The molecule has 0 amide bonds. The second kappa shape index (κ2) is 8.32. The lowest BCUT2D eigenvalue weighted by Gasteiger charge is -2.37. The maximum absolute atomic E-state index is 5.69. The van der Waals surface area contributed by atoms with Crippen LogP contribution in [0.25, 0.3) is 0 Å². The first-order valence-corrected chi connectivity index (χ1v) is 8.48. The predicted molar refractivity (Wildman–Crippen MR) is 84.2 cm³/mol. The first-order chi connectivity index (χ1) is 9.74. The molecule has 0 aliphatic carbocycles. The van der Waals surface area contributed by atoms with Crippen LogP contribution in [0.4, 0.5) is 0 Å². The molecule has 2 aliphatic rings. The maximum Gasteiger partial charge on any atom is 0.0623 e. The van der Waals surface area contributed by atoms with Gasteiger partial charge >= 0.3 is 0 Å². The first kappa shape index (κ1) is 16.2. The van der Waals surface area contributed by atoms with E-state index >= 15 is 0 Å². The third-order valence-corrected chi connectivity index (χ3v) is 5.01. The first-order valence-electron chi connectivity index (χ1n) is 8.48. The Morgan fingerprint density at radius 2 is 1.95 bits per heavy atom. The van der Waals surface area contributed by atoms with Crippen molar-refractivity contribution in [2.45, 2.75) is 45.2 Å². The van der Waals surface area contributed by atoms with Crippen molar-refractivity contribution in [1.82, 2.24) is 15.1 Å². The summed E-state index contributed by atoms with van der Waals surface area (Å²) in [4.78, 5) is 5.15. The minimum Gasteiger partial charge on any atom is -0.379 e. The molecule has 0 aromatic heterocycles. The van der Waals surface area contributed by atoms with Gasteiger partial charge in [-0.05, 0) is 52.5 Å². The Kier molecular flexibility index (Phi) is 6.75. The van der Waals surface area contributed by atoms with Crippen LogP contribution < -0.4 is 5.32 Å². The van der Waals surface area contributed by atoms with Crippen LogP contribution >= 0.6 is 0 Å². The second-order valence-corrected chi connectivity index (χ2v) is 6.46. The van der Waals surface area contributed by atoms with Gasteiger partial charge in [-0.15, -0.1) is 0 Å². The Morgan fingerprint density at radius 3 is 2.60 bits per heavy atom. The summed E-state index contributed by atoms with van der Waals surface area (Å²) in [6.45, 7) is 12.4. The summed E-state index contributed by atoms with van der Waals surface area (Å²) in [6.07, 6.45) is 3.85. The van der Waals surface area contributed by atoms with E-state index in [1.165, 1.54) is 45.4 Å². The molecule has 2 rings (SSSR count). The number of likely N-dealkylation sites (tertiary alicyclic amines) is 1. The molecule has 0 radical (unpaired) electrons. The highest BCUT2D eigenvalue weighted by Gasteiger charge is 2.31. The molecule has 20 heavy (non-hydrogen) atoms. The molecule has 118 valence electrons. The van der Waals surface area contributed by atoms with E-state index in [0.29, 0.717) is 12.0 Å². The lowest BCUT2D eigenvalue weighted by molar-refractivity contribution is 0.110. The normalized spacial score (nSPS) is 29.4. The molecule has 0 bridgehead atoms. The molecule has 2 saturated heterocycles. The third-order valence-electron chi connectivity index (χ3n) is 5.01. The Balaban J connectivity index is 1.74. The molecule has 4 heteroatoms. The number of nitrogens with zero attached hydrogens (tertiary/aromatic N) is 2. The van der Waals surface area contributed by atoms with E-state index in [1.54, 1.807) is 0 Å². The number of hydrogen-bond acceptors (Lipinski definition) is 4. The summed E-state index contributed by atoms with van der Waals surface area (Å²) in [5, 5.41) is 3.65. The summed E-state index contributed by atoms with van der Waals surface area (Å²) in [5.41, 5.74) is 0. The molecule has 2 fully saturated rings. The fourth-order valence-electron chi connectivity index (χ4n) is 3.53. The Hall–Kier alpha value is -0.160. The van der Waals surface area contributed by atoms with E-state index in [4.69, 9.17) is 4.74 Å². The fourth-order valence-corrected chi connectivity index (χ4v) is 3.53. The van der Waals surface area contributed by atoms with Crippen molar-refractivity contribution >= 4 is 0 Å². The molecule has 0 aromatic carbocycles. The molecule has 4 nitrogen and oxygen atoms in total. The van der Waals surface area contributed by atoms with Crippen molar-refractivity contribution in [1.29, 1.82) is 0 Å². The van der Waals surface area contributed by atoms with Crippen molar-refractivity contribution in [2.24, 2.45) is 5.92 Å². The van der Waals surface area contributed by atoms with E-state index in [0.717, 1.165) is 25.8 Å². The summed E-state index contributed by atoms with van der Waals surface area (Å²) < 4.78 is 5.69. The van der Waals surface area contributed by atoms with Crippen LogP contribution in [0, 0.1) is 5.92 Å². The molecule has 0 aromatic rings. The zero-order valence-electron chi connectivity index (χ0n) is 13.6. The number of hydrogen-bond donors (Lipinski definition) is 1. The highest BCUT2D eigenvalue weighted by molar-refractivity contribution is 4.86. The van der Waals surface area contributed by atoms with Gasteiger partial charge in [0.25, 0.3) is 0 Å². The van der Waals surface area contributed by atoms with Crippen LogP contribution in [0.15, 0.2) is 0 Å². The molecule has 1 N–H and O–H groups in total. The van der Waals surface area contributed by atoms with Gasteiger partial charge in [0.1, 0.15) is 0 Å². The quantitative estimate of drug-likeness (QED) is 0.765. The van der Waals surface area contributed by atoms with Crippen LogP contribution in [0.2, 0.25) is 0 Å². The number of rotatable bonds is 7. The van der Waals surface area contributed by atoms with Gasteiger partial charge in [0.15, 0.2) is 0 Å². The van der Waals surface area contributed by atoms with Gasteiger partial charge in [-0.1, -0.05) is 13.8 Å². The van der Waals surface area contributed by atoms with Crippen molar-refractivity contribution < 1.29 is 4.74 Å². The van der Waals surface area contributed by atoms with Crippen LogP contribution in [-0.4, -0.2) is 74.9 Å². The van der Waals surface area contributed by atoms with Crippen LogP contribution in [-0.2, 0) is 4.74 Å². The summed E-state index contributed by atoms with van der Waals surface area (Å²) in [6, 6.07) is 1.33. The molecule has 2 aliphatic heterocycles. The van der Waals surface area contributed by atoms with Gasteiger partial charge in [-0.2, -0.15) is 0 Å². The zero-order valence-corrected chi connectivity index (χ0v) is 13.6. The number of nitrogens with one attached hydrogen (secondary N) is 1. The lowest BCUT2D eigenvalue weighted by Crippen LogP contribution is -2.47. The summed E-state index contributed by atoms with van der Waals surface area (Å²) in [7, 11) is 2.31. The topological polar surface area (TPSA) is 27.7 Å². The van der Waals surface area contributed by atoms with Crippen LogP contribution in [0.5, 0.6) is 0 Å². The van der Waals surface area contributed by atoms with Crippen LogP contribution in [0.1, 0.15) is 33.1 Å². The van der Waals surface area contributed by atoms with Gasteiger partial charge in [0.2, 0.25) is 0 Å². The molecule has 2 heterocycles. The highest BCUT2D eigenvalue weighted by Crippen LogP contribution is 2.20. The zero-order chi connectivity index (χ0) is 14.4. The van der Waals surface area contributed by atoms with Crippen LogP contribution in [0.3, 0.4) is 0 Å². The molecular formula is C16H33N3O. The van der Waals surface area contributed by atoms with Crippen molar-refractivity contribution in [3.63, 3.8) is 0 Å². The van der Waals surface area contributed by atoms with Crippen molar-refractivity contribution in [3.8, 4) is 0 Å². The Morgan fingerprint density at radius 1 is 1.20 bits per heavy atom. The van der Waals surface area contributed by atoms with E-state index < -0.39 is 0 Å². The summed E-state index contributed by atoms with van der Waals surface area (Å²) in [5.74, 6) is 0.663. The Bertz CT molecular complexity index is 266. The van der Waals surface area contributed by atoms with Gasteiger partial charge in [0, 0.05) is 24.5 Å². The average molecular weight is 283 g/mol. The molecule has 2 unspecified atom stereocenters. The smallest absolute Gasteiger partial charge is 0.0623 e. The monoisotopic (exact) mass is 283 g/mol. The molecular weight excluding hydrogens is 250 g/mol. The van der Waals surface area contributed by atoms with E-state index in [9.17, 15) is 0 Å². The van der Waals surface area contributed by atoms with Crippen molar-refractivity contribution in [2.75, 3.05) is 53.0 Å². The average Bonchev–Trinajstić information content (AvgIpc) is 2.92. The molecule has 2 atom stereocenters. The number of ether oxygens (including phenoxy) is 1. The van der Waals surface area contributed by atoms with E-state index in [2.05, 4.69) is 36.0 Å². The standard InChI is InChI=1S/C16H33N3O/c1-4-8-17-16-13-20-12-14(16)11-18(3)15-6-9-19(5-2)10-7-15/h14-17H,4-13H2,1-3H3. The molecule has 0 saturated carbocycles. The fraction of sp³-hybridized carbons (Fsp3) is 1.00. The summed E-state index contributed by atoms with van der Waals surface area (Å²) >= 11 is 0. The Labute approximate surface area is 124 Å². The minimum absolute atomic E-state index is 0.563. The number of piperidine rings is 1. The van der Waals surface area contributed by atoms with E-state index in [1.807, 2.05) is 0 Å². The highest BCUT2D eigenvalue weighted by atomic mass is 16.5. The van der Waals surface area contributed by atoms with Gasteiger partial charge < -0.3 is 19.9 Å². The van der Waals surface area contributed by atoms with Gasteiger partial charge in [-0.3, -0.25) is 0 Å². The van der Waals surface area contributed by atoms with Gasteiger partial charge in [0.05, 0.1) is 13.2 Å². The van der Waals surface area contributed by atoms with Crippen molar-refractivity contribution in [3.05, 3.63) is 0 Å². The third kappa shape index (κ3) is 4.42. The lowest BCUT2D eigenvalue weighted by atomic mass is 9.99. The maximum atomic E-state index is 5.69. The second-order valence-electron chi connectivity index (χ2n) is 6.46. The predicted octanol–water partition coefficient (Wildman–Crippen LogP) is 1.42. The largest absolute Gasteiger partial charge is 0.379 e. The van der Waals surface area contributed by atoms with Gasteiger partial charge in [-0.25, -0.2) is 0 Å². The van der Waals surface area contributed by atoms with E-state index in [-0.39, 0.29) is 0 Å². The molecule has 0 spiro atoms. The SMILES string of the molecule is CCCNC1COCC1CN(C)C1CCN(CC)CC1. The minimum atomic E-state index is 0.563.